The summed E-state index contributed by atoms with van der Waals surface area (Å²) in [7, 11) is 2.14. The summed E-state index contributed by atoms with van der Waals surface area (Å²) < 4.78 is 5.82. The van der Waals surface area contributed by atoms with Gasteiger partial charge in [0.25, 0.3) is 0 Å². The van der Waals surface area contributed by atoms with Crippen molar-refractivity contribution in [2.24, 2.45) is 4.99 Å². The summed E-state index contributed by atoms with van der Waals surface area (Å²) in [5, 5.41) is 6.71. The molecule has 1 aromatic carbocycles. The van der Waals surface area contributed by atoms with Crippen LogP contribution >= 0.6 is 24.0 Å². The third-order valence-electron chi connectivity index (χ3n) is 4.60. The van der Waals surface area contributed by atoms with E-state index < -0.39 is 0 Å². The third kappa shape index (κ3) is 8.74. The molecule has 0 amide bonds. The van der Waals surface area contributed by atoms with Crippen LogP contribution in [-0.2, 0) is 18.5 Å². The van der Waals surface area contributed by atoms with Gasteiger partial charge in [-0.1, -0.05) is 51.1 Å². The van der Waals surface area contributed by atoms with Gasteiger partial charge in [0.1, 0.15) is 12.3 Å². The fourth-order valence-electron chi connectivity index (χ4n) is 2.65. The molecule has 1 aromatic heterocycles. The Hall–Kier alpha value is -1.61. The number of guanidine groups is 1. The van der Waals surface area contributed by atoms with Crippen molar-refractivity contribution in [1.82, 2.24) is 20.5 Å². The summed E-state index contributed by atoms with van der Waals surface area (Å²) in [5.74, 6) is 2.29. The number of hydrogen-bond acceptors (Lipinski definition) is 4. The lowest BCUT2D eigenvalue weighted by Gasteiger charge is -2.25. The second-order valence-electron chi connectivity index (χ2n) is 8.19. The van der Waals surface area contributed by atoms with Crippen LogP contribution in [-0.4, -0.2) is 42.0 Å². The summed E-state index contributed by atoms with van der Waals surface area (Å²) in [6, 6.07) is 10.9. The summed E-state index contributed by atoms with van der Waals surface area (Å²) >= 11 is 0. The zero-order chi connectivity index (χ0) is 20.6. The van der Waals surface area contributed by atoms with E-state index in [1.165, 1.54) is 5.56 Å². The Kier molecular flexibility index (Phi) is 10.7. The van der Waals surface area contributed by atoms with E-state index in [0.29, 0.717) is 18.5 Å². The van der Waals surface area contributed by atoms with E-state index in [-0.39, 0.29) is 29.4 Å². The smallest absolute Gasteiger partial charge is 0.216 e. The van der Waals surface area contributed by atoms with Crippen LogP contribution < -0.4 is 10.6 Å². The van der Waals surface area contributed by atoms with Crippen LogP contribution in [0.4, 0.5) is 0 Å². The van der Waals surface area contributed by atoms with Crippen LogP contribution in [0.25, 0.3) is 0 Å². The van der Waals surface area contributed by atoms with Gasteiger partial charge in [-0.2, -0.15) is 0 Å². The van der Waals surface area contributed by atoms with Crippen LogP contribution in [0.2, 0.25) is 0 Å². The van der Waals surface area contributed by atoms with E-state index in [1.54, 1.807) is 6.20 Å². The predicted molar refractivity (Wildman–Crippen MR) is 131 cm³/mol. The standard InChI is InChI=1S/C22H35N5O.HI/c1-7-23-21(26-15-20-24-14-19(28-20)22(3,4)5)25-13-17(2)27(6)16-18-11-9-8-10-12-18;/h8-12,14,17H,7,13,15-16H2,1-6H3,(H2,23,25,26);1H. The van der Waals surface area contributed by atoms with Crippen molar-refractivity contribution in [2.75, 3.05) is 20.1 Å². The molecule has 1 unspecified atom stereocenters. The van der Waals surface area contributed by atoms with Gasteiger partial charge in [0.2, 0.25) is 5.89 Å². The summed E-state index contributed by atoms with van der Waals surface area (Å²) in [6.07, 6.45) is 1.80. The molecule has 2 rings (SSSR count). The molecule has 6 nitrogen and oxygen atoms in total. The largest absolute Gasteiger partial charge is 0.443 e. The molecule has 0 aliphatic rings. The summed E-state index contributed by atoms with van der Waals surface area (Å²) in [5.41, 5.74) is 1.27. The topological polar surface area (TPSA) is 65.7 Å². The highest BCUT2D eigenvalue weighted by Crippen LogP contribution is 2.22. The van der Waals surface area contributed by atoms with Gasteiger partial charge in [0.05, 0.1) is 6.20 Å². The Balaban J connectivity index is 0.00000420. The Morgan fingerprint density at radius 3 is 2.48 bits per heavy atom. The first kappa shape index (κ1) is 25.4. The lowest BCUT2D eigenvalue weighted by Crippen LogP contribution is -2.44. The zero-order valence-corrected chi connectivity index (χ0v) is 20.9. The van der Waals surface area contributed by atoms with Crippen LogP contribution in [0, 0.1) is 0 Å². The van der Waals surface area contributed by atoms with Gasteiger partial charge in [0, 0.05) is 31.1 Å². The van der Waals surface area contributed by atoms with Crippen molar-refractivity contribution in [3.05, 3.63) is 53.7 Å². The van der Waals surface area contributed by atoms with Crippen molar-refractivity contribution in [3.63, 3.8) is 0 Å². The van der Waals surface area contributed by atoms with Crippen molar-refractivity contribution in [1.29, 1.82) is 0 Å². The number of nitrogens with one attached hydrogen (secondary N) is 2. The molecule has 0 spiro atoms. The van der Waals surface area contributed by atoms with Crippen LogP contribution in [0.3, 0.4) is 0 Å². The molecule has 0 aliphatic heterocycles. The molecular weight excluding hydrogens is 477 g/mol. The fourth-order valence-corrected chi connectivity index (χ4v) is 2.65. The molecular formula is C22H36IN5O. The highest BCUT2D eigenvalue weighted by molar-refractivity contribution is 14.0. The normalized spacial score (nSPS) is 13.1. The van der Waals surface area contributed by atoms with E-state index in [1.807, 2.05) is 6.07 Å². The Morgan fingerprint density at radius 2 is 1.90 bits per heavy atom. The average molecular weight is 513 g/mol. The third-order valence-corrected chi connectivity index (χ3v) is 4.60. The maximum absolute atomic E-state index is 5.82. The first-order valence-electron chi connectivity index (χ1n) is 10.0. The van der Waals surface area contributed by atoms with Crippen LogP contribution in [0.1, 0.15) is 51.8 Å². The average Bonchev–Trinajstić information content (AvgIpc) is 3.14. The van der Waals surface area contributed by atoms with E-state index in [4.69, 9.17) is 4.42 Å². The number of aliphatic imine (C=N–C) groups is 1. The van der Waals surface area contributed by atoms with E-state index in [2.05, 4.69) is 91.4 Å². The molecule has 1 atom stereocenters. The Morgan fingerprint density at radius 1 is 1.21 bits per heavy atom. The second-order valence-corrected chi connectivity index (χ2v) is 8.19. The monoisotopic (exact) mass is 513 g/mol. The zero-order valence-electron chi connectivity index (χ0n) is 18.5. The highest BCUT2D eigenvalue weighted by Gasteiger charge is 2.19. The first-order valence-corrected chi connectivity index (χ1v) is 10.0. The molecule has 7 heteroatoms. The molecule has 0 radical (unpaired) electrons. The lowest BCUT2D eigenvalue weighted by atomic mass is 9.94. The van der Waals surface area contributed by atoms with Crippen molar-refractivity contribution < 1.29 is 4.42 Å². The number of benzene rings is 1. The maximum Gasteiger partial charge on any atom is 0.216 e. The van der Waals surface area contributed by atoms with Gasteiger partial charge < -0.3 is 15.1 Å². The van der Waals surface area contributed by atoms with E-state index in [9.17, 15) is 0 Å². The molecule has 0 bridgehead atoms. The van der Waals surface area contributed by atoms with E-state index in [0.717, 1.165) is 31.4 Å². The van der Waals surface area contributed by atoms with Crippen LogP contribution in [0.5, 0.6) is 0 Å². The minimum Gasteiger partial charge on any atom is -0.443 e. The summed E-state index contributed by atoms with van der Waals surface area (Å²) in [6.45, 7) is 13.5. The number of halogens is 1. The van der Waals surface area contributed by atoms with Crippen molar-refractivity contribution in [2.45, 2.75) is 59.2 Å². The highest BCUT2D eigenvalue weighted by atomic mass is 127. The molecule has 162 valence electrons. The Labute approximate surface area is 192 Å². The first-order chi connectivity index (χ1) is 13.3. The van der Waals surface area contributed by atoms with Gasteiger partial charge in [-0.15, -0.1) is 24.0 Å². The molecule has 2 aromatic rings. The summed E-state index contributed by atoms with van der Waals surface area (Å²) in [4.78, 5) is 11.3. The van der Waals surface area contributed by atoms with Gasteiger partial charge in [-0.3, -0.25) is 4.90 Å². The fraction of sp³-hybridized carbons (Fsp3) is 0.545. The molecule has 0 aliphatic carbocycles. The minimum atomic E-state index is -0.0452. The van der Waals surface area contributed by atoms with Gasteiger partial charge in [-0.05, 0) is 26.5 Å². The number of hydrogen-bond donors (Lipinski definition) is 2. The molecule has 2 N–H and O–H groups in total. The predicted octanol–water partition coefficient (Wildman–Crippen LogP) is 4.17. The van der Waals surface area contributed by atoms with Crippen LogP contribution in [0.15, 0.2) is 45.9 Å². The molecule has 1 heterocycles. The number of aromatic nitrogens is 1. The quantitative estimate of drug-likeness (QED) is 0.315. The van der Waals surface area contributed by atoms with Gasteiger partial charge in [-0.25, -0.2) is 9.98 Å². The molecule has 0 fully saturated rings. The van der Waals surface area contributed by atoms with E-state index >= 15 is 0 Å². The minimum absolute atomic E-state index is 0. The number of nitrogens with zero attached hydrogens (tertiary/aromatic N) is 3. The number of likely N-dealkylation sites (N-methyl/N-ethyl adjacent to an activating group) is 1. The Bertz CT molecular complexity index is 739. The SMILES string of the molecule is CCNC(=NCc1ncc(C(C)(C)C)o1)NCC(C)N(C)Cc1ccccc1.I. The molecule has 0 saturated carbocycles. The van der Waals surface area contributed by atoms with Crippen molar-refractivity contribution in [3.8, 4) is 0 Å². The van der Waals surface area contributed by atoms with Gasteiger partial charge >= 0.3 is 0 Å². The second kappa shape index (κ2) is 12.2. The van der Waals surface area contributed by atoms with Gasteiger partial charge in [0.15, 0.2) is 5.96 Å². The number of rotatable bonds is 8. The lowest BCUT2D eigenvalue weighted by molar-refractivity contribution is 0.249. The number of oxazole rings is 1. The molecule has 0 saturated heterocycles. The molecule has 29 heavy (non-hydrogen) atoms. The van der Waals surface area contributed by atoms with Crippen molar-refractivity contribution >= 4 is 29.9 Å². The maximum atomic E-state index is 5.82.